The number of aromatic amines is 1. The summed E-state index contributed by atoms with van der Waals surface area (Å²) in [6.45, 7) is 0. The summed E-state index contributed by atoms with van der Waals surface area (Å²) in [7, 11) is 0. The number of nitrogens with two attached hydrogens (primary N) is 1. The highest BCUT2D eigenvalue weighted by atomic mass is 32.1. The number of rotatable bonds is 3. The lowest BCUT2D eigenvalue weighted by Crippen LogP contribution is -2.03. The van der Waals surface area contributed by atoms with Gasteiger partial charge in [-0.05, 0) is 0 Å². The lowest BCUT2D eigenvalue weighted by Gasteiger charge is -2.06. The van der Waals surface area contributed by atoms with Crippen LogP contribution in [0, 0.1) is 0 Å². The van der Waals surface area contributed by atoms with Crippen molar-refractivity contribution in [1.82, 2.24) is 15.2 Å². The molecule has 2 aromatic heterocycles. The first-order valence-corrected chi connectivity index (χ1v) is 5.00. The molecule has 0 aromatic carbocycles. The normalized spacial score (nSPS) is 12.9. The molecule has 0 saturated heterocycles. The SMILES string of the molecule is Nc1[nH]ncc1C(O)Cc1nccs1. The Morgan fingerprint density at radius 1 is 1.64 bits per heavy atom. The molecule has 0 radical (unpaired) electrons. The molecule has 0 bridgehead atoms. The van der Waals surface area contributed by atoms with Crippen LogP contribution in [0.25, 0.3) is 0 Å². The summed E-state index contributed by atoms with van der Waals surface area (Å²) >= 11 is 1.51. The van der Waals surface area contributed by atoms with Gasteiger partial charge in [0.25, 0.3) is 0 Å². The van der Waals surface area contributed by atoms with E-state index in [0.29, 0.717) is 17.8 Å². The van der Waals surface area contributed by atoms with Crippen molar-refractivity contribution in [2.45, 2.75) is 12.5 Å². The molecule has 0 saturated carbocycles. The van der Waals surface area contributed by atoms with Gasteiger partial charge in [-0.2, -0.15) is 5.10 Å². The summed E-state index contributed by atoms with van der Waals surface area (Å²) in [5.41, 5.74) is 6.20. The minimum Gasteiger partial charge on any atom is -0.388 e. The molecule has 0 aliphatic heterocycles. The van der Waals surface area contributed by atoms with E-state index in [1.165, 1.54) is 17.5 Å². The first-order chi connectivity index (χ1) is 6.77. The number of aliphatic hydroxyl groups is 1. The van der Waals surface area contributed by atoms with E-state index in [0.717, 1.165) is 5.01 Å². The largest absolute Gasteiger partial charge is 0.388 e. The Bertz CT molecular complexity index is 397. The second-order valence-electron chi connectivity index (χ2n) is 2.88. The molecule has 2 heterocycles. The number of hydrogen-bond donors (Lipinski definition) is 3. The van der Waals surface area contributed by atoms with Crippen molar-refractivity contribution in [2.75, 3.05) is 5.73 Å². The van der Waals surface area contributed by atoms with Crippen LogP contribution in [0.4, 0.5) is 5.82 Å². The topological polar surface area (TPSA) is 87.8 Å². The highest BCUT2D eigenvalue weighted by Crippen LogP contribution is 2.22. The number of aliphatic hydroxyl groups excluding tert-OH is 1. The average molecular weight is 210 g/mol. The fourth-order valence-electron chi connectivity index (χ4n) is 1.20. The average Bonchev–Trinajstić information content (AvgIpc) is 2.75. The van der Waals surface area contributed by atoms with Crippen molar-refractivity contribution in [2.24, 2.45) is 0 Å². The van der Waals surface area contributed by atoms with Crippen LogP contribution in [0.3, 0.4) is 0 Å². The third kappa shape index (κ3) is 1.75. The van der Waals surface area contributed by atoms with E-state index in [9.17, 15) is 5.11 Å². The highest BCUT2D eigenvalue weighted by molar-refractivity contribution is 7.09. The summed E-state index contributed by atoms with van der Waals surface area (Å²) in [5, 5.41) is 18.9. The van der Waals surface area contributed by atoms with Crippen LogP contribution in [0.5, 0.6) is 0 Å². The number of thiazole rings is 1. The summed E-state index contributed by atoms with van der Waals surface area (Å²) in [5.74, 6) is 0.411. The molecular formula is C8H10N4OS. The van der Waals surface area contributed by atoms with Crippen LogP contribution in [0.2, 0.25) is 0 Å². The van der Waals surface area contributed by atoms with Gasteiger partial charge in [0, 0.05) is 23.6 Å². The number of nitrogen functional groups attached to an aromatic ring is 1. The molecule has 2 aromatic rings. The molecule has 0 amide bonds. The summed E-state index contributed by atoms with van der Waals surface area (Å²) in [6.07, 6.45) is 3.08. The maximum absolute atomic E-state index is 9.79. The second kappa shape index (κ2) is 3.77. The van der Waals surface area contributed by atoms with Crippen LogP contribution in [0.1, 0.15) is 16.7 Å². The maximum Gasteiger partial charge on any atom is 0.124 e. The van der Waals surface area contributed by atoms with Crippen LogP contribution in [-0.2, 0) is 6.42 Å². The van der Waals surface area contributed by atoms with Gasteiger partial charge in [-0.1, -0.05) is 0 Å². The lowest BCUT2D eigenvalue weighted by molar-refractivity contribution is 0.179. The molecule has 0 fully saturated rings. The van der Waals surface area contributed by atoms with Crippen molar-refractivity contribution >= 4 is 17.2 Å². The number of anilines is 1. The van der Waals surface area contributed by atoms with Gasteiger partial charge in [-0.15, -0.1) is 11.3 Å². The minimum atomic E-state index is -0.639. The van der Waals surface area contributed by atoms with Crippen LogP contribution in [-0.4, -0.2) is 20.3 Å². The number of aromatic nitrogens is 3. The van der Waals surface area contributed by atoms with Crippen molar-refractivity contribution in [1.29, 1.82) is 0 Å². The van der Waals surface area contributed by atoms with Crippen molar-refractivity contribution in [3.05, 3.63) is 28.3 Å². The number of nitrogens with zero attached hydrogens (tertiary/aromatic N) is 2. The summed E-state index contributed by atoms with van der Waals surface area (Å²) in [6, 6.07) is 0. The van der Waals surface area contributed by atoms with E-state index in [-0.39, 0.29) is 0 Å². The zero-order chi connectivity index (χ0) is 9.97. The van der Waals surface area contributed by atoms with Gasteiger partial charge in [0.15, 0.2) is 0 Å². The van der Waals surface area contributed by atoms with E-state index in [1.807, 2.05) is 5.38 Å². The molecular weight excluding hydrogens is 200 g/mol. The third-order valence-corrected chi connectivity index (χ3v) is 2.71. The van der Waals surface area contributed by atoms with Gasteiger partial charge in [-0.25, -0.2) is 4.98 Å². The Morgan fingerprint density at radius 2 is 2.50 bits per heavy atom. The van der Waals surface area contributed by atoms with Crippen LogP contribution >= 0.6 is 11.3 Å². The van der Waals surface area contributed by atoms with E-state index in [2.05, 4.69) is 15.2 Å². The van der Waals surface area contributed by atoms with E-state index in [4.69, 9.17) is 5.73 Å². The van der Waals surface area contributed by atoms with Gasteiger partial charge in [-0.3, -0.25) is 5.10 Å². The molecule has 0 spiro atoms. The highest BCUT2D eigenvalue weighted by Gasteiger charge is 2.14. The summed E-state index contributed by atoms with van der Waals surface area (Å²) in [4.78, 5) is 4.08. The molecule has 5 nitrogen and oxygen atoms in total. The van der Waals surface area contributed by atoms with E-state index >= 15 is 0 Å². The fraction of sp³-hybridized carbons (Fsp3) is 0.250. The molecule has 0 aliphatic carbocycles. The fourth-order valence-corrected chi connectivity index (χ4v) is 1.85. The second-order valence-corrected chi connectivity index (χ2v) is 3.86. The van der Waals surface area contributed by atoms with Crippen molar-refractivity contribution < 1.29 is 5.11 Å². The lowest BCUT2D eigenvalue weighted by atomic mass is 10.1. The molecule has 6 heteroatoms. The minimum absolute atomic E-state index is 0.411. The predicted molar refractivity (Wildman–Crippen MR) is 53.8 cm³/mol. The molecule has 4 N–H and O–H groups in total. The van der Waals surface area contributed by atoms with E-state index < -0.39 is 6.10 Å². The Hall–Kier alpha value is -1.40. The molecule has 1 atom stereocenters. The molecule has 2 rings (SSSR count). The third-order valence-electron chi connectivity index (χ3n) is 1.91. The van der Waals surface area contributed by atoms with Gasteiger partial charge in [0.2, 0.25) is 0 Å². The van der Waals surface area contributed by atoms with Gasteiger partial charge >= 0.3 is 0 Å². The quantitative estimate of drug-likeness (QED) is 0.696. The Labute approximate surface area is 84.6 Å². The Kier molecular flexibility index (Phi) is 2.47. The van der Waals surface area contributed by atoms with Gasteiger partial charge in [0.05, 0.1) is 17.3 Å². The van der Waals surface area contributed by atoms with Gasteiger partial charge in [0.1, 0.15) is 5.82 Å². The van der Waals surface area contributed by atoms with Crippen molar-refractivity contribution in [3.63, 3.8) is 0 Å². The first-order valence-electron chi connectivity index (χ1n) is 4.12. The zero-order valence-electron chi connectivity index (χ0n) is 7.34. The monoisotopic (exact) mass is 210 g/mol. The van der Waals surface area contributed by atoms with Crippen LogP contribution < -0.4 is 5.73 Å². The van der Waals surface area contributed by atoms with Crippen molar-refractivity contribution in [3.8, 4) is 0 Å². The Morgan fingerprint density at radius 3 is 3.07 bits per heavy atom. The summed E-state index contributed by atoms with van der Waals surface area (Å²) < 4.78 is 0. The smallest absolute Gasteiger partial charge is 0.124 e. The molecule has 0 aliphatic rings. The standard InChI is InChI=1S/C8H10N4OS/c9-8-5(4-11-12-8)6(13)3-7-10-1-2-14-7/h1-2,4,6,13H,3H2,(H3,9,11,12). The van der Waals surface area contributed by atoms with Crippen LogP contribution in [0.15, 0.2) is 17.8 Å². The first kappa shape index (κ1) is 9.17. The maximum atomic E-state index is 9.79. The van der Waals surface area contributed by atoms with E-state index in [1.54, 1.807) is 6.20 Å². The Balaban J connectivity index is 2.10. The van der Waals surface area contributed by atoms with Gasteiger partial charge < -0.3 is 10.8 Å². The number of H-pyrrole nitrogens is 1. The number of nitrogens with one attached hydrogen (secondary N) is 1. The molecule has 1 unspecified atom stereocenters. The predicted octanol–water partition coefficient (Wildman–Crippen LogP) is 0.724. The zero-order valence-corrected chi connectivity index (χ0v) is 8.16. The molecule has 74 valence electrons. The molecule has 14 heavy (non-hydrogen) atoms. The number of hydrogen-bond acceptors (Lipinski definition) is 5.